The van der Waals surface area contributed by atoms with Gasteiger partial charge in [0.2, 0.25) is 0 Å². The third-order valence-corrected chi connectivity index (χ3v) is 21.2. The fourth-order valence-corrected chi connectivity index (χ4v) is 14.3. The van der Waals surface area contributed by atoms with Crippen LogP contribution < -0.4 is 0 Å². The summed E-state index contributed by atoms with van der Waals surface area (Å²) in [4.78, 5) is 73.1. The van der Waals surface area contributed by atoms with Crippen molar-refractivity contribution in [2.45, 2.75) is 457 Å². The lowest BCUT2D eigenvalue weighted by molar-refractivity contribution is -0.161. The first-order valence-corrected chi connectivity index (χ1v) is 45.6. The van der Waals surface area contributed by atoms with E-state index < -0.39 is 97.5 Å². The zero-order chi connectivity index (χ0) is 74.1. The largest absolute Gasteiger partial charge is 0.472 e. The Kier molecular flexibility index (Phi) is 73.5. The summed E-state index contributed by atoms with van der Waals surface area (Å²) in [6.45, 7) is 7.38. The van der Waals surface area contributed by atoms with E-state index in [4.69, 9.17) is 37.0 Å². The molecule has 600 valence electrons. The minimum absolute atomic E-state index is 0.109. The maximum Gasteiger partial charge on any atom is 0.472 e. The molecule has 0 fully saturated rings. The number of esters is 4. The van der Waals surface area contributed by atoms with E-state index in [-0.39, 0.29) is 25.7 Å². The number of phosphoric ester groups is 2. The summed E-state index contributed by atoms with van der Waals surface area (Å²) < 4.78 is 68.8. The van der Waals surface area contributed by atoms with Gasteiger partial charge in [-0.25, -0.2) is 9.13 Å². The third kappa shape index (κ3) is 76.1. The molecule has 3 N–H and O–H groups in total. The monoisotopic (exact) mass is 1480 g/mol. The molecule has 0 aliphatic carbocycles. The van der Waals surface area contributed by atoms with Crippen molar-refractivity contribution in [2.75, 3.05) is 39.6 Å². The van der Waals surface area contributed by atoms with Crippen LogP contribution in [-0.4, -0.2) is 96.7 Å². The van der Waals surface area contributed by atoms with Crippen LogP contribution in [0.2, 0.25) is 0 Å². The van der Waals surface area contributed by atoms with E-state index in [0.29, 0.717) is 25.7 Å². The highest BCUT2D eigenvalue weighted by molar-refractivity contribution is 7.47. The van der Waals surface area contributed by atoms with Gasteiger partial charge in [0.25, 0.3) is 0 Å². The topological polar surface area (TPSA) is 237 Å². The first-order valence-electron chi connectivity index (χ1n) is 42.6. The molecular weight excluding hydrogens is 1320 g/mol. The number of aliphatic hydroxyl groups excluding tert-OH is 1. The van der Waals surface area contributed by atoms with Gasteiger partial charge in [-0.1, -0.05) is 388 Å². The molecule has 17 nitrogen and oxygen atoms in total. The Morgan fingerprint density at radius 2 is 0.455 bits per heavy atom. The van der Waals surface area contributed by atoms with Crippen LogP contribution in [0.15, 0.2) is 0 Å². The van der Waals surface area contributed by atoms with Gasteiger partial charge < -0.3 is 33.8 Å². The van der Waals surface area contributed by atoms with Crippen LogP contribution in [0.4, 0.5) is 0 Å². The van der Waals surface area contributed by atoms with Gasteiger partial charge in [-0.2, -0.15) is 0 Å². The second-order valence-electron chi connectivity index (χ2n) is 30.0. The number of aliphatic hydroxyl groups is 1. The fourth-order valence-electron chi connectivity index (χ4n) is 12.8. The quantitative estimate of drug-likeness (QED) is 0.0222. The van der Waals surface area contributed by atoms with Crippen LogP contribution in [0.5, 0.6) is 0 Å². The highest BCUT2D eigenvalue weighted by Crippen LogP contribution is 2.45. The molecule has 2 unspecified atom stereocenters. The molecule has 0 heterocycles. The van der Waals surface area contributed by atoms with E-state index in [9.17, 15) is 43.2 Å². The first kappa shape index (κ1) is 99.1. The van der Waals surface area contributed by atoms with E-state index >= 15 is 0 Å². The molecule has 0 aromatic heterocycles. The summed E-state index contributed by atoms with van der Waals surface area (Å²) >= 11 is 0. The van der Waals surface area contributed by atoms with Gasteiger partial charge in [0.05, 0.1) is 26.4 Å². The third-order valence-electron chi connectivity index (χ3n) is 19.3. The van der Waals surface area contributed by atoms with E-state index in [1.807, 2.05) is 0 Å². The SMILES string of the molecule is CCCCCCCCCCCCCCCCCC(=O)OC[C@H](COP(=O)(O)OC[C@@H](O)COP(=O)(O)OC[C@@H](COC(=O)CCCCCCCCCCCCCCC)OC(=O)CCCCCCCCCCCCCCCCC)OC(=O)CCCCCCCCCCCCCCCCCC(C)C. The lowest BCUT2D eigenvalue weighted by Gasteiger charge is -2.21. The Labute approximate surface area is 619 Å². The lowest BCUT2D eigenvalue weighted by atomic mass is 10.0. The molecule has 0 aromatic rings. The van der Waals surface area contributed by atoms with Crippen molar-refractivity contribution in [2.24, 2.45) is 5.92 Å². The Bertz CT molecular complexity index is 1930. The zero-order valence-electron chi connectivity index (χ0n) is 66.1. The van der Waals surface area contributed by atoms with Gasteiger partial charge in [0, 0.05) is 25.7 Å². The Balaban J connectivity index is 5.26. The molecule has 0 saturated carbocycles. The van der Waals surface area contributed by atoms with Gasteiger partial charge in [-0.3, -0.25) is 37.3 Å². The summed E-state index contributed by atoms with van der Waals surface area (Å²) in [6, 6.07) is 0. The average Bonchev–Trinajstić information content (AvgIpc) is 0.957. The van der Waals surface area contributed by atoms with E-state index in [2.05, 4.69) is 34.6 Å². The maximum atomic E-state index is 13.1. The van der Waals surface area contributed by atoms with Crippen molar-refractivity contribution >= 4 is 39.5 Å². The minimum Gasteiger partial charge on any atom is -0.462 e. The summed E-state index contributed by atoms with van der Waals surface area (Å²) in [7, 11) is -9.92. The molecule has 0 spiro atoms. The number of hydrogen-bond acceptors (Lipinski definition) is 15. The van der Waals surface area contributed by atoms with Crippen LogP contribution in [0.25, 0.3) is 0 Å². The van der Waals surface area contributed by atoms with Crippen molar-refractivity contribution in [1.29, 1.82) is 0 Å². The number of carbonyl (C=O) groups excluding carboxylic acids is 4. The maximum absolute atomic E-state index is 13.1. The Morgan fingerprint density at radius 3 is 0.673 bits per heavy atom. The van der Waals surface area contributed by atoms with Gasteiger partial charge in [0.15, 0.2) is 12.2 Å². The van der Waals surface area contributed by atoms with Gasteiger partial charge >= 0.3 is 39.5 Å². The molecule has 0 aliphatic rings. The summed E-state index contributed by atoms with van der Waals surface area (Å²) in [5, 5.41) is 10.7. The number of ether oxygens (including phenoxy) is 4. The molecule has 0 aromatic carbocycles. The van der Waals surface area contributed by atoms with Crippen molar-refractivity contribution in [3.63, 3.8) is 0 Å². The minimum atomic E-state index is -4.96. The predicted molar refractivity (Wildman–Crippen MR) is 414 cm³/mol. The van der Waals surface area contributed by atoms with Gasteiger partial charge in [-0.05, 0) is 31.6 Å². The van der Waals surface area contributed by atoms with Crippen LogP contribution in [0, 0.1) is 5.92 Å². The lowest BCUT2D eigenvalue weighted by Crippen LogP contribution is -2.30. The van der Waals surface area contributed by atoms with Crippen LogP contribution in [0.1, 0.15) is 439 Å². The normalized spacial score (nSPS) is 13.8. The second kappa shape index (κ2) is 74.9. The van der Waals surface area contributed by atoms with Crippen molar-refractivity contribution < 1.29 is 80.2 Å². The Hall–Kier alpha value is -1.94. The highest BCUT2D eigenvalue weighted by Gasteiger charge is 2.30. The number of carbonyl (C=O) groups is 4. The molecule has 19 heteroatoms. The highest BCUT2D eigenvalue weighted by atomic mass is 31.2. The van der Waals surface area contributed by atoms with Crippen molar-refractivity contribution in [3.05, 3.63) is 0 Å². The molecule has 0 rings (SSSR count). The van der Waals surface area contributed by atoms with E-state index in [1.165, 1.54) is 263 Å². The first-order chi connectivity index (χ1) is 49.0. The predicted octanol–water partition coefficient (Wildman–Crippen LogP) is 24.8. The molecule has 101 heavy (non-hydrogen) atoms. The molecule has 0 saturated heterocycles. The second-order valence-corrected chi connectivity index (χ2v) is 32.9. The average molecular weight is 1480 g/mol. The number of unbranched alkanes of at least 4 members (excludes halogenated alkanes) is 54. The molecule has 0 aliphatic heterocycles. The fraction of sp³-hybridized carbons (Fsp3) is 0.951. The van der Waals surface area contributed by atoms with Crippen molar-refractivity contribution in [3.8, 4) is 0 Å². The summed E-state index contributed by atoms with van der Waals surface area (Å²) in [5.74, 6) is -1.30. The standard InChI is InChI=1S/C82H160O17P2/c1-6-9-12-15-18-21-24-27-30-36-41-46-51-56-61-66-80(85)93-72-78(99-82(87)68-63-58-53-48-43-38-33-29-32-35-39-44-49-54-59-64-75(4)5)74-97-101(90,91)95-70-76(83)69-94-100(88,89)96-73-77(71-92-79(84)65-60-55-50-45-40-34-26-23-20-17-14-11-8-3)98-81(86)67-62-57-52-47-42-37-31-28-25-22-19-16-13-10-7-2/h75-78,83H,6-74H2,1-5H3,(H,88,89)(H,90,91)/t76-,77+,78+/m0/s1. The smallest absolute Gasteiger partial charge is 0.462 e. The van der Waals surface area contributed by atoms with Crippen LogP contribution in [-0.2, 0) is 65.4 Å². The molecular formula is C82H160O17P2. The van der Waals surface area contributed by atoms with Crippen LogP contribution >= 0.6 is 15.6 Å². The van der Waals surface area contributed by atoms with Gasteiger partial charge in [-0.15, -0.1) is 0 Å². The van der Waals surface area contributed by atoms with Crippen molar-refractivity contribution in [1.82, 2.24) is 0 Å². The van der Waals surface area contributed by atoms with Crippen LogP contribution in [0.3, 0.4) is 0 Å². The number of hydrogen-bond donors (Lipinski definition) is 3. The molecule has 5 atom stereocenters. The zero-order valence-corrected chi connectivity index (χ0v) is 67.8. The summed E-state index contributed by atoms with van der Waals surface area (Å²) in [6.07, 6.45) is 66.4. The number of rotatable bonds is 82. The summed E-state index contributed by atoms with van der Waals surface area (Å²) in [5.41, 5.74) is 0. The molecule has 0 amide bonds. The molecule has 0 bridgehead atoms. The van der Waals surface area contributed by atoms with Gasteiger partial charge in [0.1, 0.15) is 19.3 Å². The molecule has 0 radical (unpaired) electrons. The number of phosphoric acid groups is 2. The Morgan fingerprint density at radius 1 is 0.267 bits per heavy atom. The van der Waals surface area contributed by atoms with E-state index in [1.54, 1.807) is 0 Å². The van der Waals surface area contributed by atoms with E-state index in [0.717, 1.165) is 95.8 Å².